The van der Waals surface area contributed by atoms with E-state index >= 15 is 0 Å². The molecule has 100 valence electrons. The highest BCUT2D eigenvalue weighted by Crippen LogP contribution is 2.43. The molecule has 1 atom stereocenters. The van der Waals surface area contributed by atoms with Gasteiger partial charge < -0.3 is 10.6 Å². The molecule has 1 aromatic carbocycles. The fourth-order valence-electron chi connectivity index (χ4n) is 2.43. The van der Waals surface area contributed by atoms with Gasteiger partial charge in [-0.3, -0.25) is 0 Å². The summed E-state index contributed by atoms with van der Waals surface area (Å²) < 4.78 is 27.5. The van der Waals surface area contributed by atoms with Crippen molar-refractivity contribution in [3.05, 3.63) is 41.4 Å². The molecule has 0 bridgehead atoms. The van der Waals surface area contributed by atoms with Crippen LogP contribution in [-0.4, -0.2) is 17.5 Å². The van der Waals surface area contributed by atoms with E-state index < -0.39 is 12.0 Å². The summed E-state index contributed by atoms with van der Waals surface area (Å²) in [5.41, 5.74) is 7.02. The van der Waals surface area contributed by atoms with Crippen molar-refractivity contribution in [1.82, 2.24) is 4.98 Å². The van der Waals surface area contributed by atoms with E-state index in [1.165, 1.54) is 11.3 Å². The SMILES string of the molecule is Nc1nc([C@H]2CC(F)(F)CN2c2ccccc2)cs1. The third kappa shape index (κ3) is 2.40. The molecular weight excluding hydrogens is 268 g/mol. The van der Waals surface area contributed by atoms with Crippen molar-refractivity contribution in [2.75, 3.05) is 17.2 Å². The molecule has 2 heterocycles. The Balaban J connectivity index is 1.97. The summed E-state index contributed by atoms with van der Waals surface area (Å²) in [6, 6.07) is 8.82. The van der Waals surface area contributed by atoms with Gasteiger partial charge in [-0.05, 0) is 12.1 Å². The van der Waals surface area contributed by atoms with Crippen LogP contribution in [0.5, 0.6) is 0 Å². The fraction of sp³-hybridized carbons (Fsp3) is 0.308. The van der Waals surface area contributed by atoms with E-state index in [2.05, 4.69) is 4.98 Å². The Bertz CT molecular complexity index is 570. The highest BCUT2D eigenvalue weighted by molar-refractivity contribution is 7.13. The van der Waals surface area contributed by atoms with Gasteiger partial charge in [0.15, 0.2) is 5.13 Å². The lowest BCUT2D eigenvalue weighted by atomic mass is 10.1. The zero-order chi connectivity index (χ0) is 13.5. The lowest BCUT2D eigenvalue weighted by molar-refractivity contribution is 0.0222. The van der Waals surface area contributed by atoms with Gasteiger partial charge in [-0.1, -0.05) is 18.2 Å². The van der Waals surface area contributed by atoms with Crippen LogP contribution in [0, 0.1) is 0 Å². The van der Waals surface area contributed by atoms with Crippen LogP contribution >= 0.6 is 11.3 Å². The van der Waals surface area contributed by atoms with E-state index in [0.29, 0.717) is 10.8 Å². The average molecular weight is 281 g/mol. The first-order valence-electron chi connectivity index (χ1n) is 5.96. The molecule has 0 amide bonds. The maximum Gasteiger partial charge on any atom is 0.267 e. The van der Waals surface area contributed by atoms with E-state index in [1.807, 2.05) is 30.3 Å². The molecule has 0 radical (unpaired) electrons. The summed E-state index contributed by atoms with van der Waals surface area (Å²) >= 11 is 1.28. The third-order valence-corrected chi connectivity index (χ3v) is 3.93. The summed E-state index contributed by atoms with van der Waals surface area (Å²) in [5.74, 6) is -2.70. The molecule has 19 heavy (non-hydrogen) atoms. The van der Waals surface area contributed by atoms with Crippen LogP contribution in [0.2, 0.25) is 0 Å². The van der Waals surface area contributed by atoms with E-state index in [1.54, 1.807) is 10.3 Å². The van der Waals surface area contributed by atoms with Crippen LogP contribution in [0.1, 0.15) is 18.2 Å². The molecule has 2 N–H and O–H groups in total. The quantitative estimate of drug-likeness (QED) is 0.918. The van der Waals surface area contributed by atoms with Gasteiger partial charge >= 0.3 is 0 Å². The number of halogens is 2. The van der Waals surface area contributed by atoms with Gasteiger partial charge in [-0.2, -0.15) is 0 Å². The van der Waals surface area contributed by atoms with E-state index in [9.17, 15) is 8.78 Å². The maximum atomic E-state index is 13.7. The predicted molar refractivity (Wildman–Crippen MR) is 72.6 cm³/mol. The number of para-hydroxylation sites is 1. The molecule has 1 aromatic heterocycles. The fourth-order valence-corrected chi connectivity index (χ4v) is 3.04. The van der Waals surface area contributed by atoms with Crippen molar-refractivity contribution < 1.29 is 8.78 Å². The molecule has 0 aliphatic carbocycles. The monoisotopic (exact) mass is 281 g/mol. The average Bonchev–Trinajstić information content (AvgIpc) is 2.94. The molecule has 1 aliphatic rings. The first kappa shape index (κ1) is 12.3. The molecule has 0 spiro atoms. The molecule has 0 saturated carbocycles. The molecule has 3 rings (SSSR count). The number of nitrogen functional groups attached to an aromatic ring is 1. The Kier molecular flexibility index (Phi) is 2.89. The number of thiazole rings is 1. The summed E-state index contributed by atoms with van der Waals surface area (Å²) in [7, 11) is 0. The third-order valence-electron chi connectivity index (χ3n) is 3.24. The van der Waals surface area contributed by atoms with Crippen LogP contribution in [0.4, 0.5) is 19.6 Å². The minimum absolute atomic E-state index is 0.217. The van der Waals surface area contributed by atoms with Gasteiger partial charge in [-0.15, -0.1) is 11.3 Å². The first-order valence-corrected chi connectivity index (χ1v) is 6.83. The topological polar surface area (TPSA) is 42.1 Å². The van der Waals surface area contributed by atoms with Crippen molar-refractivity contribution in [2.45, 2.75) is 18.4 Å². The van der Waals surface area contributed by atoms with Gasteiger partial charge in [0.05, 0.1) is 18.3 Å². The van der Waals surface area contributed by atoms with E-state index in [4.69, 9.17) is 5.73 Å². The van der Waals surface area contributed by atoms with Crippen LogP contribution in [0.25, 0.3) is 0 Å². The maximum absolute atomic E-state index is 13.7. The van der Waals surface area contributed by atoms with Crippen molar-refractivity contribution in [1.29, 1.82) is 0 Å². The van der Waals surface area contributed by atoms with Gasteiger partial charge in [0.1, 0.15) is 0 Å². The number of anilines is 2. The number of nitrogens with two attached hydrogens (primary N) is 1. The summed E-state index contributed by atoms with van der Waals surface area (Å²) in [6.07, 6.45) is -0.217. The molecule has 1 saturated heterocycles. The first-order chi connectivity index (χ1) is 9.05. The van der Waals surface area contributed by atoms with Crippen molar-refractivity contribution in [2.24, 2.45) is 0 Å². The Hall–Kier alpha value is -1.69. The second-order valence-corrected chi connectivity index (χ2v) is 5.54. The largest absolute Gasteiger partial charge is 0.375 e. The zero-order valence-corrected chi connectivity index (χ0v) is 10.9. The molecule has 1 fully saturated rings. The highest BCUT2D eigenvalue weighted by Gasteiger charge is 2.46. The molecule has 3 nitrogen and oxygen atoms in total. The van der Waals surface area contributed by atoms with Gasteiger partial charge in [0.25, 0.3) is 5.92 Å². The Morgan fingerprint density at radius 2 is 2.05 bits per heavy atom. The molecule has 2 aromatic rings. The summed E-state index contributed by atoms with van der Waals surface area (Å²) in [6.45, 7) is -0.279. The molecule has 1 aliphatic heterocycles. The van der Waals surface area contributed by atoms with Crippen LogP contribution in [0.3, 0.4) is 0 Å². The molecule has 6 heteroatoms. The van der Waals surface area contributed by atoms with Crippen LogP contribution < -0.4 is 10.6 Å². The number of nitrogens with zero attached hydrogens (tertiary/aromatic N) is 2. The number of alkyl halides is 2. The summed E-state index contributed by atoms with van der Waals surface area (Å²) in [4.78, 5) is 5.86. The zero-order valence-electron chi connectivity index (χ0n) is 10.1. The second-order valence-electron chi connectivity index (χ2n) is 4.65. The normalized spacial score (nSPS) is 21.8. The van der Waals surface area contributed by atoms with E-state index in [0.717, 1.165) is 5.69 Å². The highest BCUT2D eigenvalue weighted by atomic mass is 32.1. The molecular formula is C13H13F2N3S. The Morgan fingerprint density at radius 1 is 1.32 bits per heavy atom. The number of aromatic nitrogens is 1. The smallest absolute Gasteiger partial charge is 0.267 e. The van der Waals surface area contributed by atoms with Crippen molar-refractivity contribution in [3.63, 3.8) is 0 Å². The molecule has 0 unspecified atom stereocenters. The lowest BCUT2D eigenvalue weighted by Crippen LogP contribution is -2.26. The predicted octanol–water partition coefficient (Wildman–Crippen LogP) is 3.31. The number of rotatable bonds is 2. The number of hydrogen-bond donors (Lipinski definition) is 1. The standard InChI is InChI=1S/C13H13F2N3S/c14-13(15)6-11(10-7-19-12(16)17-10)18(8-13)9-4-2-1-3-5-9/h1-5,7,11H,6,8H2,(H2,16,17)/t11-/m1/s1. The van der Waals surface area contributed by atoms with Crippen molar-refractivity contribution in [3.8, 4) is 0 Å². The van der Waals surface area contributed by atoms with Gasteiger partial charge in [0, 0.05) is 17.5 Å². The van der Waals surface area contributed by atoms with Crippen LogP contribution in [-0.2, 0) is 0 Å². The second kappa shape index (κ2) is 4.45. The minimum Gasteiger partial charge on any atom is -0.375 e. The Labute approximate surface area is 113 Å². The van der Waals surface area contributed by atoms with Crippen LogP contribution in [0.15, 0.2) is 35.7 Å². The van der Waals surface area contributed by atoms with Gasteiger partial charge in [-0.25, -0.2) is 13.8 Å². The minimum atomic E-state index is -2.70. The number of benzene rings is 1. The van der Waals surface area contributed by atoms with E-state index in [-0.39, 0.29) is 13.0 Å². The summed E-state index contributed by atoms with van der Waals surface area (Å²) in [5, 5.41) is 2.18. The number of hydrogen-bond acceptors (Lipinski definition) is 4. The Morgan fingerprint density at radius 3 is 2.68 bits per heavy atom. The van der Waals surface area contributed by atoms with Crippen molar-refractivity contribution >= 4 is 22.2 Å². The lowest BCUT2D eigenvalue weighted by Gasteiger charge is -2.24. The van der Waals surface area contributed by atoms with Gasteiger partial charge in [0.2, 0.25) is 0 Å².